The minimum Gasteiger partial charge on any atom is -0.462 e. The number of amides is 2. The number of aromatic amines is 1. The Morgan fingerprint density at radius 2 is 2.23 bits per heavy atom. The summed E-state index contributed by atoms with van der Waals surface area (Å²) in [5, 5.41) is 6.24. The van der Waals surface area contributed by atoms with E-state index in [1.54, 1.807) is 36.1 Å². The molecule has 1 atom stereocenters. The van der Waals surface area contributed by atoms with E-state index in [1.165, 1.54) is 6.08 Å². The van der Waals surface area contributed by atoms with Crippen molar-refractivity contribution in [2.45, 2.75) is 25.8 Å². The van der Waals surface area contributed by atoms with Gasteiger partial charge >= 0.3 is 5.97 Å². The molecule has 0 unspecified atom stereocenters. The summed E-state index contributed by atoms with van der Waals surface area (Å²) in [5.74, 6) is -0.660. The number of primary amides is 1. The van der Waals surface area contributed by atoms with Crippen LogP contribution in [0.25, 0.3) is 0 Å². The molecule has 1 aliphatic rings. The number of H-pyrrole nitrogens is 1. The first kappa shape index (κ1) is 21.9. The maximum Gasteiger partial charge on any atom is 0.338 e. The number of anilines is 3. The van der Waals surface area contributed by atoms with Crippen LogP contribution in [0.2, 0.25) is 0 Å². The molecule has 164 valence electrons. The molecule has 5 N–H and O–H groups in total. The van der Waals surface area contributed by atoms with Gasteiger partial charge in [-0.05, 0) is 44.0 Å². The van der Waals surface area contributed by atoms with Crippen LogP contribution >= 0.6 is 0 Å². The van der Waals surface area contributed by atoms with Crippen LogP contribution < -0.4 is 16.4 Å². The van der Waals surface area contributed by atoms with Crippen molar-refractivity contribution in [1.29, 1.82) is 0 Å². The molecule has 2 heterocycles. The highest BCUT2D eigenvalue weighted by Gasteiger charge is 2.24. The average molecular weight is 426 g/mol. The summed E-state index contributed by atoms with van der Waals surface area (Å²) in [6.07, 6.45) is 2.98. The van der Waals surface area contributed by atoms with Crippen LogP contribution in [0, 0.1) is 0 Å². The molecule has 1 fully saturated rings. The SMILES string of the molecule is C=CC(=O)N1CCC[C@@H](Nc2nc(Nc3cccc(C(=O)OCC)c3)c(C(N)=O)[nH]2)C1. The van der Waals surface area contributed by atoms with E-state index in [0.717, 1.165) is 12.8 Å². The molecule has 1 saturated heterocycles. The van der Waals surface area contributed by atoms with Crippen molar-refractivity contribution in [2.24, 2.45) is 5.73 Å². The van der Waals surface area contributed by atoms with E-state index >= 15 is 0 Å². The fraction of sp³-hybridized carbons (Fsp3) is 0.333. The molecular weight excluding hydrogens is 400 g/mol. The highest BCUT2D eigenvalue weighted by atomic mass is 16.5. The number of esters is 1. The summed E-state index contributed by atoms with van der Waals surface area (Å²) in [6.45, 7) is 6.71. The molecule has 2 aromatic rings. The quantitative estimate of drug-likeness (QED) is 0.373. The molecule has 1 aromatic heterocycles. The van der Waals surface area contributed by atoms with Gasteiger partial charge in [-0.15, -0.1) is 0 Å². The Morgan fingerprint density at radius 3 is 2.94 bits per heavy atom. The molecule has 3 rings (SSSR count). The van der Waals surface area contributed by atoms with Crippen molar-refractivity contribution in [1.82, 2.24) is 14.9 Å². The van der Waals surface area contributed by atoms with Gasteiger partial charge in [0, 0.05) is 24.8 Å². The smallest absolute Gasteiger partial charge is 0.338 e. The molecule has 0 spiro atoms. The van der Waals surface area contributed by atoms with Crippen LogP contribution in [0.4, 0.5) is 17.5 Å². The van der Waals surface area contributed by atoms with Crippen LogP contribution in [0.1, 0.15) is 40.6 Å². The third-order valence-corrected chi connectivity index (χ3v) is 4.84. The summed E-state index contributed by atoms with van der Waals surface area (Å²) in [5.41, 5.74) is 6.51. The topological polar surface area (TPSA) is 142 Å². The zero-order chi connectivity index (χ0) is 22.4. The van der Waals surface area contributed by atoms with Gasteiger partial charge in [0.25, 0.3) is 5.91 Å². The predicted molar refractivity (Wildman–Crippen MR) is 116 cm³/mol. The lowest BCUT2D eigenvalue weighted by atomic mass is 10.1. The first-order valence-electron chi connectivity index (χ1n) is 10.0. The number of likely N-dealkylation sites (tertiary alicyclic amines) is 1. The minimum atomic E-state index is -0.684. The van der Waals surface area contributed by atoms with Gasteiger partial charge in [-0.3, -0.25) is 9.59 Å². The van der Waals surface area contributed by atoms with E-state index in [1.807, 2.05) is 0 Å². The summed E-state index contributed by atoms with van der Waals surface area (Å²) in [7, 11) is 0. The van der Waals surface area contributed by atoms with Gasteiger partial charge in [-0.1, -0.05) is 12.6 Å². The van der Waals surface area contributed by atoms with Gasteiger partial charge in [0.15, 0.2) is 5.82 Å². The molecular formula is C21H26N6O4. The van der Waals surface area contributed by atoms with Crippen LogP contribution in [0.5, 0.6) is 0 Å². The highest BCUT2D eigenvalue weighted by Crippen LogP contribution is 2.23. The second-order valence-electron chi connectivity index (χ2n) is 7.07. The fourth-order valence-electron chi connectivity index (χ4n) is 3.40. The molecule has 2 amide bonds. The summed E-state index contributed by atoms with van der Waals surface area (Å²) in [4.78, 5) is 44.8. The number of benzene rings is 1. The number of imidazole rings is 1. The van der Waals surface area contributed by atoms with E-state index in [-0.39, 0.29) is 30.1 Å². The maximum absolute atomic E-state index is 12.0. The molecule has 10 nitrogen and oxygen atoms in total. The molecule has 0 radical (unpaired) electrons. The third-order valence-electron chi connectivity index (χ3n) is 4.84. The number of piperidine rings is 1. The number of ether oxygens (including phenoxy) is 1. The van der Waals surface area contributed by atoms with Crippen LogP contribution in [-0.4, -0.2) is 58.4 Å². The number of carbonyl (C=O) groups is 3. The molecule has 10 heteroatoms. The lowest BCUT2D eigenvalue weighted by Gasteiger charge is -2.32. The van der Waals surface area contributed by atoms with E-state index in [9.17, 15) is 14.4 Å². The molecule has 0 aliphatic carbocycles. The molecule has 0 saturated carbocycles. The number of hydrogen-bond donors (Lipinski definition) is 4. The van der Waals surface area contributed by atoms with Crippen molar-refractivity contribution in [3.63, 3.8) is 0 Å². The van der Waals surface area contributed by atoms with Crippen molar-refractivity contribution >= 4 is 35.2 Å². The minimum absolute atomic E-state index is 0.0375. The Hall–Kier alpha value is -3.82. The van der Waals surface area contributed by atoms with E-state index in [0.29, 0.717) is 30.3 Å². The molecule has 0 bridgehead atoms. The average Bonchev–Trinajstić information content (AvgIpc) is 3.16. The maximum atomic E-state index is 12.0. The Balaban J connectivity index is 1.76. The zero-order valence-electron chi connectivity index (χ0n) is 17.3. The van der Waals surface area contributed by atoms with E-state index in [4.69, 9.17) is 10.5 Å². The normalized spacial score (nSPS) is 15.8. The molecule has 1 aromatic carbocycles. The largest absolute Gasteiger partial charge is 0.462 e. The Kier molecular flexibility index (Phi) is 6.91. The van der Waals surface area contributed by atoms with Crippen LogP contribution in [-0.2, 0) is 9.53 Å². The summed E-state index contributed by atoms with van der Waals surface area (Å²) in [6, 6.07) is 6.62. The zero-order valence-corrected chi connectivity index (χ0v) is 17.3. The number of aromatic nitrogens is 2. The lowest BCUT2D eigenvalue weighted by Crippen LogP contribution is -2.44. The van der Waals surface area contributed by atoms with Crippen molar-refractivity contribution in [3.05, 3.63) is 48.2 Å². The van der Waals surface area contributed by atoms with E-state index < -0.39 is 11.9 Å². The van der Waals surface area contributed by atoms with Gasteiger partial charge in [0.1, 0.15) is 5.69 Å². The Labute approximate surface area is 179 Å². The monoisotopic (exact) mass is 426 g/mol. The van der Waals surface area contributed by atoms with Crippen LogP contribution in [0.3, 0.4) is 0 Å². The lowest BCUT2D eigenvalue weighted by molar-refractivity contribution is -0.127. The first-order chi connectivity index (χ1) is 14.9. The number of carbonyl (C=O) groups excluding carboxylic acids is 3. The molecule has 1 aliphatic heterocycles. The predicted octanol–water partition coefficient (Wildman–Crippen LogP) is 2.02. The first-order valence-corrected chi connectivity index (χ1v) is 10.0. The number of nitrogens with two attached hydrogens (primary N) is 1. The number of rotatable bonds is 8. The van der Waals surface area contributed by atoms with Crippen molar-refractivity contribution in [2.75, 3.05) is 30.3 Å². The number of nitrogens with zero attached hydrogens (tertiary/aromatic N) is 2. The Bertz CT molecular complexity index is 986. The highest BCUT2D eigenvalue weighted by molar-refractivity contribution is 5.97. The van der Waals surface area contributed by atoms with Crippen molar-refractivity contribution < 1.29 is 19.1 Å². The summed E-state index contributed by atoms with van der Waals surface area (Å²) < 4.78 is 5.01. The second-order valence-corrected chi connectivity index (χ2v) is 7.07. The second kappa shape index (κ2) is 9.79. The number of nitrogens with one attached hydrogen (secondary N) is 3. The van der Waals surface area contributed by atoms with Gasteiger partial charge in [-0.25, -0.2) is 4.79 Å². The third kappa shape index (κ3) is 5.41. The van der Waals surface area contributed by atoms with Gasteiger partial charge in [0.05, 0.1) is 12.2 Å². The fourth-order valence-corrected chi connectivity index (χ4v) is 3.40. The van der Waals surface area contributed by atoms with Gasteiger partial charge in [-0.2, -0.15) is 4.98 Å². The van der Waals surface area contributed by atoms with Crippen LogP contribution in [0.15, 0.2) is 36.9 Å². The van der Waals surface area contributed by atoms with E-state index in [2.05, 4.69) is 27.2 Å². The summed E-state index contributed by atoms with van der Waals surface area (Å²) >= 11 is 0. The standard InChI is InChI=1S/C21H26N6O4/c1-3-16(28)27-10-6-9-15(12-27)24-21-25-17(18(22)29)19(26-21)23-14-8-5-7-13(11-14)20(30)31-4-2/h3,5,7-8,11,15,23H,1,4,6,9-10,12H2,2H3,(H2,22,29)(H2,24,25,26)/t15-/m1/s1. The number of hydrogen-bond acceptors (Lipinski definition) is 7. The Morgan fingerprint density at radius 1 is 1.42 bits per heavy atom. The van der Waals surface area contributed by atoms with Crippen molar-refractivity contribution in [3.8, 4) is 0 Å². The molecule has 31 heavy (non-hydrogen) atoms. The van der Waals surface area contributed by atoms with Gasteiger partial charge in [0.2, 0.25) is 11.9 Å². The van der Waals surface area contributed by atoms with Gasteiger partial charge < -0.3 is 31.0 Å².